The molecule has 1 aliphatic carbocycles. The number of carbonyl (C=O) groups is 1. The van der Waals surface area contributed by atoms with Crippen molar-refractivity contribution in [3.8, 4) is 11.3 Å². The number of hydrogen-bond donors (Lipinski definition) is 2. The molecule has 3 aromatic rings. The molecule has 0 unspecified atom stereocenters. The highest BCUT2D eigenvalue weighted by molar-refractivity contribution is 6.11. The Kier molecular flexibility index (Phi) is 6.63. The minimum absolute atomic E-state index is 0.0197. The van der Waals surface area contributed by atoms with Crippen LogP contribution >= 0.6 is 0 Å². The highest BCUT2D eigenvalue weighted by atomic mass is 16.2. The van der Waals surface area contributed by atoms with Gasteiger partial charge in [0.05, 0.1) is 6.54 Å². The van der Waals surface area contributed by atoms with Crippen LogP contribution in [0.5, 0.6) is 0 Å². The lowest BCUT2D eigenvalue weighted by atomic mass is 9.85. The summed E-state index contributed by atoms with van der Waals surface area (Å²) in [6.07, 6.45) is 10.7. The Morgan fingerprint density at radius 1 is 1.09 bits per heavy atom. The van der Waals surface area contributed by atoms with Gasteiger partial charge in [-0.25, -0.2) is 4.98 Å². The SMILES string of the molecule is Cn1c(NC[C@@H](N)CC2CCCCC2)nc(-c2ccncc2)c(N2Cc3ccccc3C2=O)c1=O. The number of carbonyl (C=O) groups excluding carboxylic acids is 1. The third-order valence-electron chi connectivity index (χ3n) is 7.20. The zero-order chi connectivity index (χ0) is 24.4. The predicted molar refractivity (Wildman–Crippen MR) is 137 cm³/mol. The summed E-state index contributed by atoms with van der Waals surface area (Å²) in [5.41, 5.74) is 9.14. The van der Waals surface area contributed by atoms with Crippen LogP contribution in [0, 0.1) is 5.92 Å². The second-order valence-electron chi connectivity index (χ2n) is 9.66. The van der Waals surface area contributed by atoms with Gasteiger partial charge < -0.3 is 11.1 Å². The number of pyridine rings is 1. The quantitative estimate of drug-likeness (QED) is 0.543. The van der Waals surface area contributed by atoms with E-state index in [-0.39, 0.29) is 23.2 Å². The molecule has 3 N–H and O–H groups in total. The van der Waals surface area contributed by atoms with Crippen LogP contribution in [0.2, 0.25) is 0 Å². The molecular formula is C27H32N6O2. The highest BCUT2D eigenvalue weighted by Crippen LogP contribution is 2.33. The fraction of sp³-hybridized carbons (Fsp3) is 0.407. The van der Waals surface area contributed by atoms with Crippen molar-refractivity contribution in [3.05, 3.63) is 70.3 Å². The smallest absolute Gasteiger partial charge is 0.279 e. The van der Waals surface area contributed by atoms with Gasteiger partial charge in [-0.1, -0.05) is 50.3 Å². The van der Waals surface area contributed by atoms with E-state index in [1.165, 1.54) is 41.6 Å². The summed E-state index contributed by atoms with van der Waals surface area (Å²) in [6.45, 7) is 0.864. The summed E-state index contributed by atoms with van der Waals surface area (Å²) in [5, 5.41) is 3.31. The largest absolute Gasteiger partial charge is 0.354 e. The first-order valence-corrected chi connectivity index (χ1v) is 12.4. The van der Waals surface area contributed by atoms with Crippen molar-refractivity contribution in [2.24, 2.45) is 18.7 Å². The van der Waals surface area contributed by atoms with Crippen molar-refractivity contribution < 1.29 is 4.79 Å². The summed E-state index contributed by atoms with van der Waals surface area (Å²) in [5.74, 6) is 0.925. The maximum Gasteiger partial charge on any atom is 0.279 e. The first-order valence-electron chi connectivity index (χ1n) is 12.4. The molecule has 2 aliphatic rings. The Labute approximate surface area is 205 Å². The van der Waals surface area contributed by atoms with Crippen LogP contribution in [0.1, 0.15) is 54.4 Å². The van der Waals surface area contributed by atoms with Crippen LogP contribution in [0.25, 0.3) is 11.3 Å². The van der Waals surface area contributed by atoms with Crippen LogP contribution in [0.4, 0.5) is 11.6 Å². The van der Waals surface area contributed by atoms with Gasteiger partial charge in [-0.3, -0.25) is 24.0 Å². The number of anilines is 2. The number of nitrogens with two attached hydrogens (primary N) is 1. The zero-order valence-electron chi connectivity index (χ0n) is 20.1. The third kappa shape index (κ3) is 4.71. The molecule has 8 heteroatoms. The molecule has 0 saturated heterocycles. The lowest BCUT2D eigenvalue weighted by Crippen LogP contribution is -2.36. The molecular weight excluding hydrogens is 440 g/mol. The molecule has 2 aromatic heterocycles. The van der Waals surface area contributed by atoms with E-state index in [1.807, 2.05) is 18.2 Å². The van der Waals surface area contributed by atoms with E-state index in [9.17, 15) is 9.59 Å². The van der Waals surface area contributed by atoms with Gasteiger partial charge in [0, 0.05) is 43.2 Å². The third-order valence-corrected chi connectivity index (χ3v) is 7.20. The molecule has 1 aromatic carbocycles. The Morgan fingerprint density at radius 2 is 1.83 bits per heavy atom. The fourth-order valence-electron chi connectivity index (χ4n) is 5.29. The number of aromatic nitrogens is 3. The van der Waals surface area contributed by atoms with E-state index >= 15 is 0 Å². The number of nitrogens with zero attached hydrogens (tertiary/aromatic N) is 4. The summed E-state index contributed by atoms with van der Waals surface area (Å²) in [4.78, 5) is 37.4. The summed E-state index contributed by atoms with van der Waals surface area (Å²) in [7, 11) is 1.68. The highest BCUT2D eigenvalue weighted by Gasteiger charge is 2.33. The minimum atomic E-state index is -0.281. The molecule has 0 bridgehead atoms. The van der Waals surface area contributed by atoms with E-state index in [1.54, 1.807) is 37.6 Å². The lowest BCUT2D eigenvalue weighted by Gasteiger charge is -2.25. The van der Waals surface area contributed by atoms with E-state index in [0.717, 1.165) is 17.5 Å². The number of nitrogens with one attached hydrogen (secondary N) is 1. The number of hydrogen-bond acceptors (Lipinski definition) is 6. The maximum atomic E-state index is 13.7. The second kappa shape index (κ2) is 10.00. The summed E-state index contributed by atoms with van der Waals surface area (Å²) >= 11 is 0. The van der Waals surface area contributed by atoms with Crippen molar-refractivity contribution in [2.75, 3.05) is 16.8 Å². The zero-order valence-corrected chi connectivity index (χ0v) is 20.1. The van der Waals surface area contributed by atoms with Gasteiger partial charge in [0.25, 0.3) is 11.5 Å². The van der Waals surface area contributed by atoms with Gasteiger partial charge in [-0.15, -0.1) is 0 Å². The molecule has 1 saturated carbocycles. The molecule has 1 atom stereocenters. The Balaban J connectivity index is 1.46. The van der Waals surface area contributed by atoms with E-state index < -0.39 is 0 Å². The van der Waals surface area contributed by atoms with Gasteiger partial charge in [-0.05, 0) is 36.1 Å². The van der Waals surface area contributed by atoms with E-state index in [2.05, 4.69) is 10.3 Å². The summed E-state index contributed by atoms with van der Waals surface area (Å²) < 4.78 is 1.48. The monoisotopic (exact) mass is 472 g/mol. The molecule has 3 heterocycles. The Morgan fingerprint density at radius 3 is 2.57 bits per heavy atom. The van der Waals surface area contributed by atoms with Crippen molar-refractivity contribution in [1.82, 2.24) is 14.5 Å². The molecule has 8 nitrogen and oxygen atoms in total. The molecule has 5 rings (SSSR count). The topological polar surface area (TPSA) is 106 Å². The average molecular weight is 473 g/mol. The predicted octanol–water partition coefficient (Wildman–Crippen LogP) is 3.71. The standard InChI is InChI=1S/C27H32N6O2/c1-32-26(35)24(33-17-20-9-5-6-10-22(20)25(33)34)23(19-11-13-29-14-12-19)31-27(32)30-16-21(28)15-18-7-3-2-4-8-18/h5-6,9-14,18,21H,2-4,7-8,15-17,28H2,1H3,(H,30,31)/t21-/m0/s1. The van der Waals surface area contributed by atoms with Crippen LogP contribution < -0.4 is 21.5 Å². The van der Waals surface area contributed by atoms with Gasteiger partial charge in [0.1, 0.15) is 11.4 Å². The molecule has 0 spiro atoms. The molecule has 0 radical (unpaired) electrons. The van der Waals surface area contributed by atoms with Gasteiger partial charge in [0.15, 0.2) is 0 Å². The summed E-state index contributed by atoms with van der Waals surface area (Å²) in [6, 6.07) is 11.0. The number of benzene rings is 1. The molecule has 1 aliphatic heterocycles. The van der Waals surface area contributed by atoms with Crippen molar-refractivity contribution in [2.45, 2.75) is 51.1 Å². The van der Waals surface area contributed by atoms with Crippen molar-refractivity contribution in [3.63, 3.8) is 0 Å². The van der Waals surface area contributed by atoms with Crippen molar-refractivity contribution >= 4 is 17.5 Å². The molecule has 1 amide bonds. The van der Waals surface area contributed by atoms with Gasteiger partial charge in [-0.2, -0.15) is 0 Å². The van der Waals surface area contributed by atoms with Crippen LogP contribution in [0.15, 0.2) is 53.6 Å². The molecule has 182 valence electrons. The van der Waals surface area contributed by atoms with Gasteiger partial charge in [0.2, 0.25) is 5.95 Å². The maximum absolute atomic E-state index is 13.7. The second-order valence-corrected chi connectivity index (χ2v) is 9.66. The average Bonchev–Trinajstić information content (AvgIpc) is 3.22. The minimum Gasteiger partial charge on any atom is -0.354 e. The number of amides is 1. The van der Waals surface area contributed by atoms with Crippen molar-refractivity contribution in [1.29, 1.82) is 0 Å². The number of rotatable bonds is 7. The lowest BCUT2D eigenvalue weighted by molar-refractivity contribution is 0.0996. The van der Waals surface area contributed by atoms with E-state index in [0.29, 0.717) is 36.2 Å². The first-order chi connectivity index (χ1) is 17.0. The Hall–Kier alpha value is -3.52. The van der Waals surface area contributed by atoms with Crippen LogP contribution in [-0.2, 0) is 13.6 Å². The number of fused-ring (bicyclic) bond motifs is 1. The molecule has 35 heavy (non-hydrogen) atoms. The normalized spacial score (nSPS) is 16.9. The van der Waals surface area contributed by atoms with Crippen LogP contribution in [-0.4, -0.2) is 33.0 Å². The van der Waals surface area contributed by atoms with Crippen LogP contribution in [0.3, 0.4) is 0 Å². The molecule has 1 fully saturated rings. The Bertz CT molecular complexity index is 1270. The van der Waals surface area contributed by atoms with E-state index in [4.69, 9.17) is 10.7 Å². The first kappa shape index (κ1) is 23.2. The fourth-order valence-corrected chi connectivity index (χ4v) is 5.29. The van der Waals surface area contributed by atoms with Gasteiger partial charge >= 0.3 is 0 Å².